The van der Waals surface area contributed by atoms with Crippen molar-refractivity contribution in [1.29, 1.82) is 0 Å². The second-order valence-corrected chi connectivity index (χ2v) is 10.8. The largest absolute Gasteiger partial charge is 0.395 e. The number of hydrogen-bond donors (Lipinski definition) is 4. The Morgan fingerprint density at radius 3 is 1.57 bits per heavy atom. The van der Waals surface area contributed by atoms with Gasteiger partial charge in [0.2, 0.25) is 17.8 Å². The third-order valence-corrected chi connectivity index (χ3v) is 7.19. The molecule has 0 unspecified atom stereocenters. The second kappa shape index (κ2) is 16.0. The molecule has 0 bridgehead atoms. The van der Waals surface area contributed by atoms with Crippen LogP contribution in [0, 0.1) is 0 Å². The van der Waals surface area contributed by atoms with E-state index in [0.29, 0.717) is 24.4 Å². The van der Waals surface area contributed by atoms with Gasteiger partial charge in [-0.2, -0.15) is 15.0 Å². The number of aliphatic hydroxyl groups is 2. The molecule has 46 heavy (non-hydrogen) atoms. The number of rotatable bonds is 14. The van der Waals surface area contributed by atoms with Gasteiger partial charge in [-0.25, -0.2) is 9.13 Å². The van der Waals surface area contributed by atoms with Gasteiger partial charge in [-0.3, -0.25) is 0 Å². The fourth-order valence-electron chi connectivity index (χ4n) is 4.56. The van der Waals surface area contributed by atoms with E-state index < -0.39 is 0 Å². The molecule has 0 spiro atoms. The average molecular weight is 617 g/mol. The highest BCUT2D eigenvalue weighted by Crippen LogP contribution is 2.20. The molecule has 5 aromatic rings. The second-order valence-electron chi connectivity index (χ2n) is 10.8. The minimum Gasteiger partial charge on any atom is -0.395 e. The van der Waals surface area contributed by atoms with E-state index in [0.717, 1.165) is 33.5 Å². The van der Waals surface area contributed by atoms with Gasteiger partial charge in [0.1, 0.15) is 14.1 Å². The number of hydrogen-bond acceptors (Lipinski definition) is 8. The Morgan fingerprint density at radius 2 is 1.07 bits per heavy atom. The Labute approximate surface area is 269 Å². The monoisotopic (exact) mass is 616 g/mol. The summed E-state index contributed by atoms with van der Waals surface area (Å²) in [6, 6.07) is 24.5. The van der Waals surface area contributed by atoms with Gasteiger partial charge in [0.25, 0.3) is 0 Å². The molecule has 0 atom stereocenters. The lowest BCUT2D eigenvalue weighted by molar-refractivity contribution is -0.671. The lowest BCUT2D eigenvalue weighted by Crippen LogP contribution is -2.31. The zero-order valence-electron chi connectivity index (χ0n) is 26.2. The topological polar surface area (TPSA) is 114 Å². The SMILES string of the molecule is C[n+]1ccc(/C=C/c2ccc(CNc3nc(Nc4ccc(/C=C/c5cc[n+](C)cc5)cc4)nc(N(CCO)CCO)n3)cc2)cc1. The van der Waals surface area contributed by atoms with Gasteiger partial charge in [0, 0.05) is 49.6 Å². The lowest BCUT2D eigenvalue weighted by Gasteiger charge is -2.21. The van der Waals surface area contributed by atoms with Crippen LogP contribution in [-0.2, 0) is 20.6 Å². The molecule has 0 amide bonds. The maximum absolute atomic E-state index is 9.60. The number of nitrogens with one attached hydrogen (secondary N) is 2. The first kappa shape index (κ1) is 32.0. The zero-order chi connectivity index (χ0) is 32.1. The van der Waals surface area contributed by atoms with Gasteiger partial charge in [-0.15, -0.1) is 0 Å². The van der Waals surface area contributed by atoms with Crippen LogP contribution in [0.4, 0.5) is 23.5 Å². The van der Waals surface area contributed by atoms with Crippen LogP contribution in [0.5, 0.6) is 0 Å². The Kier molecular flexibility index (Phi) is 11.1. The van der Waals surface area contributed by atoms with Crippen molar-refractivity contribution in [3.63, 3.8) is 0 Å². The van der Waals surface area contributed by atoms with Gasteiger partial charge < -0.3 is 25.7 Å². The first-order valence-electron chi connectivity index (χ1n) is 15.2. The van der Waals surface area contributed by atoms with Crippen molar-refractivity contribution in [3.05, 3.63) is 125 Å². The van der Waals surface area contributed by atoms with Crippen LogP contribution in [0.2, 0.25) is 0 Å². The quantitative estimate of drug-likeness (QED) is 0.139. The van der Waals surface area contributed by atoms with E-state index >= 15 is 0 Å². The Balaban J connectivity index is 1.28. The van der Waals surface area contributed by atoms with Crippen molar-refractivity contribution in [1.82, 2.24) is 15.0 Å². The van der Waals surface area contributed by atoms with Crippen molar-refractivity contribution in [2.75, 3.05) is 41.8 Å². The van der Waals surface area contributed by atoms with E-state index in [1.165, 1.54) is 0 Å². The van der Waals surface area contributed by atoms with Crippen LogP contribution >= 0.6 is 0 Å². The molecule has 3 heterocycles. The molecule has 0 saturated carbocycles. The van der Waals surface area contributed by atoms with Gasteiger partial charge in [0.15, 0.2) is 24.8 Å². The summed E-state index contributed by atoms with van der Waals surface area (Å²) in [4.78, 5) is 15.5. The van der Waals surface area contributed by atoms with Crippen molar-refractivity contribution in [2.45, 2.75) is 6.54 Å². The molecule has 0 aliphatic carbocycles. The number of benzene rings is 2. The van der Waals surface area contributed by atoms with Crippen LogP contribution in [0.3, 0.4) is 0 Å². The molecule has 2 aromatic carbocycles. The third-order valence-electron chi connectivity index (χ3n) is 7.19. The minimum absolute atomic E-state index is 0.0999. The zero-order valence-corrected chi connectivity index (χ0v) is 26.2. The van der Waals surface area contributed by atoms with E-state index in [1.54, 1.807) is 4.90 Å². The summed E-state index contributed by atoms with van der Waals surface area (Å²) >= 11 is 0. The Hall–Kier alpha value is -5.45. The van der Waals surface area contributed by atoms with Crippen LogP contribution in [0.1, 0.15) is 27.8 Å². The highest BCUT2D eigenvalue weighted by atomic mass is 16.3. The lowest BCUT2D eigenvalue weighted by atomic mass is 10.1. The summed E-state index contributed by atoms with van der Waals surface area (Å²) in [5.74, 6) is 1.09. The van der Waals surface area contributed by atoms with Crippen molar-refractivity contribution in [3.8, 4) is 0 Å². The van der Waals surface area contributed by atoms with E-state index in [9.17, 15) is 10.2 Å². The normalized spacial score (nSPS) is 11.3. The molecule has 0 fully saturated rings. The third kappa shape index (κ3) is 9.52. The summed E-state index contributed by atoms with van der Waals surface area (Å²) in [7, 11) is 4.00. The molecule has 0 radical (unpaired) electrons. The molecule has 0 aliphatic heterocycles. The van der Waals surface area contributed by atoms with E-state index in [4.69, 9.17) is 0 Å². The predicted octanol–water partition coefficient (Wildman–Crippen LogP) is 4.01. The number of nitrogens with zero attached hydrogens (tertiary/aromatic N) is 6. The van der Waals surface area contributed by atoms with Crippen molar-refractivity contribution in [2.24, 2.45) is 14.1 Å². The molecule has 5 rings (SSSR count). The Morgan fingerprint density at radius 1 is 0.609 bits per heavy atom. The first-order valence-corrected chi connectivity index (χ1v) is 15.2. The number of pyridine rings is 2. The summed E-state index contributed by atoms with van der Waals surface area (Å²) in [5.41, 5.74) is 6.31. The fraction of sp³-hybridized carbons (Fsp3) is 0.194. The number of aromatic nitrogens is 5. The van der Waals surface area contributed by atoms with Crippen LogP contribution in [-0.4, -0.2) is 51.5 Å². The highest BCUT2D eigenvalue weighted by Gasteiger charge is 2.14. The number of aliphatic hydroxyl groups excluding tert-OH is 2. The van der Waals surface area contributed by atoms with Crippen LogP contribution in [0.25, 0.3) is 24.3 Å². The van der Waals surface area contributed by atoms with Gasteiger partial charge in [0.05, 0.1) is 13.2 Å². The molecule has 10 heteroatoms. The Bertz CT molecular complexity index is 1730. The average Bonchev–Trinajstić information content (AvgIpc) is 3.08. The molecule has 0 saturated heterocycles. The van der Waals surface area contributed by atoms with E-state index in [-0.39, 0.29) is 26.3 Å². The summed E-state index contributed by atoms with van der Waals surface area (Å²) < 4.78 is 4.01. The van der Waals surface area contributed by atoms with Crippen molar-refractivity contribution >= 4 is 47.8 Å². The predicted molar refractivity (Wildman–Crippen MR) is 183 cm³/mol. The van der Waals surface area contributed by atoms with Gasteiger partial charge in [-0.05, 0) is 39.9 Å². The number of aryl methyl sites for hydroxylation is 2. The molecular weight excluding hydrogens is 576 g/mol. The number of anilines is 4. The van der Waals surface area contributed by atoms with Crippen molar-refractivity contribution < 1.29 is 19.3 Å². The maximum Gasteiger partial charge on any atom is 0.233 e. The molecule has 10 nitrogen and oxygen atoms in total. The summed E-state index contributed by atoms with van der Waals surface area (Å²) in [5, 5.41) is 25.8. The minimum atomic E-state index is -0.0999. The highest BCUT2D eigenvalue weighted by molar-refractivity contribution is 5.71. The van der Waals surface area contributed by atoms with Gasteiger partial charge in [-0.1, -0.05) is 60.7 Å². The van der Waals surface area contributed by atoms with Crippen LogP contribution in [0.15, 0.2) is 97.6 Å². The maximum atomic E-state index is 9.60. The molecule has 0 aliphatic rings. The molecule has 4 N–H and O–H groups in total. The van der Waals surface area contributed by atoms with Crippen LogP contribution < -0.4 is 24.7 Å². The van der Waals surface area contributed by atoms with E-state index in [1.807, 2.05) is 72.3 Å². The smallest absolute Gasteiger partial charge is 0.233 e. The fourth-order valence-corrected chi connectivity index (χ4v) is 4.56. The first-order chi connectivity index (χ1) is 22.5. The summed E-state index contributed by atoms with van der Waals surface area (Å²) in [6.07, 6.45) is 16.4. The van der Waals surface area contributed by atoms with Gasteiger partial charge >= 0.3 is 0 Å². The standard InChI is InChI=1S/C36H39N8O2/c1-42-19-15-30(16-20-42)5-3-28-7-9-32(10-8-28)27-37-34-39-35(41-36(40-34)44(23-25-45)24-26-46)38-33-13-11-29(12-14-33)4-6-31-17-21-43(2)22-18-31/h3-22,45-46H,23-27H2,1-2H3,(H,37,39,40,41)/q+1/p+1/b5-3+. The molecular formula is C36H40N8O2+2. The molecule has 234 valence electrons. The van der Waals surface area contributed by atoms with E-state index in [2.05, 4.69) is 98.4 Å². The summed E-state index contributed by atoms with van der Waals surface area (Å²) in [6.45, 7) is 0.860. The molecule has 3 aromatic heterocycles.